The van der Waals surface area contributed by atoms with Crippen LogP contribution in [-0.4, -0.2) is 25.3 Å². The zero-order chi connectivity index (χ0) is 14.2. The molecule has 20 heavy (non-hydrogen) atoms. The Morgan fingerprint density at radius 2 is 2.25 bits per heavy atom. The topological polar surface area (TPSA) is 21.3 Å². The summed E-state index contributed by atoms with van der Waals surface area (Å²) in [6, 6.07) is 5.69. The maximum absolute atomic E-state index is 13.2. The molecule has 2 atom stereocenters. The van der Waals surface area contributed by atoms with E-state index in [-0.39, 0.29) is 17.3 Å². The van der Waals surface area contributed by atoms with Gasteiger partial charge in [-0.05, 0) is 50.3 Å². The van der Waals surface area contributed by atoms with Crippen LogP contribution in [0.5, 0.6) is 0 Å². The van der Waals surface area contributed by atoms with Crippen LogP contribution in [0.2, 0.25) is 0 Å². The zero-order valence-corrected chi connectivity index (χ0v) is 13.4. The molecule has 1 heterocycles. The van der Waals surface area contributed by atoms with E-state index in [0.29, 0.717) is 6.04 Å². The van der Waals surface area contributed by atoms with Gasteiger partial charge in [0, 0.05) is 29.1 Å². The van der Waals surface area contributed by atoms with E-state index in [9.17, 15) is 4.39 Å². The van der Waals surface area contributed by atoms with E-state index in [0.717, 1.165) is 30.5 Å². The van der Waals surface area contributed by atoms with E-state index in [4.69, 9.17) is 4.74 Å². The lowest BCUT2D eigenvalue weighted by atomic mass is 9.76. The number of hydrogen-bond donors (Lipinski definition) is 1. The summed E-state index contributed by atoms with van der Waals surface area (Å²) in [5.74, 6) is -0.193. The first-order chi connectivity index (χ1) is 9.59. The third-order valence-corrected chi connectivity index (χ3v) is 5.45. The van der Waals surface area contributed by atoms with Gasteiger partial charge < -0.3 is 10.1 Å². The van der Waals surface area contributed by atoms with Crippen LogP contribution in [0, 0.1) is 11.2 Å². The van der Waals surface area contributed by atoms with Crippen molar-refractivity contribution in [3.8, 4) is 0 Å². The molecule has 1 saturated carbocycles. The van der Waals surface area contributed by atoms with E-state index < -0.39 is 0 Å². The van der Waals surface area contributed by atoms with Crippen molar-refractivity contribution in [1.29, 1.82) is 0 Å². The largest absolute Gasteiger partial charge is 0.378 e. The minimum Gasteiger partial charge on any atom is -0.378 e. The predicted molar refractivity (Wildman–Crippen MR) is 81.3 cm³/mol. The van der Waals surface area contributed by atoms with E-state index in [1.54, 1.807) is 12.1 Å². The Morgan fingerprint density at radius 3 is 2.85 bits per heavy atom. The van der Waals surface area contributed by atoms with E-state index in [1.807, 2.05) is 6.07 Å². The summed E-state index contributed by atoms with van der Waals surface area (Å²) in [6.07, 6.45) is 4.83. The minimum atomic E-state index is -0.193. The second kappa shape index (κ2) is 5.74. The molecule has 4 heteroatoms. The second-order valence-electron chi connectivity index (χ2n) is 6.19. The van der Waals surface area contributed by atoms with Crippen molar-refractivity contribution in [2.75, 3.05) is 13.2 Å². The molecular weight excluding hydrogens is 321 g/mol. The monoisotopic (exact) mass is 341 g/mol. The fraction of sp³-hybridized carbons (Fsp3) is 0.625. The SMILES string of the molecule is CC1OCCC1(CNC1CC1)Cc1ccc(F)cc1Br. The first kappa shape index (κ1) is 14.5. The summed E-state index contributed by atoms with van der Waals surface area (Å²) in [5, 5.41) is 3.65. The highest BCUT2D eigenvalue weighted by Gasteiger charge is 2.42. The Hall–Kier alpha value is -0.450. The van der Waals surface area contributed by atoms with Gasteiger partial charge in [0.05, 0.1) is 6.10 Å². The highest BCUT2D eigenvalue weighted by atomic mass is 79.9. The van der Waals surface area contributed by atoms with Gasteiger partial charge in [0.15, 0.2) is 0 Å². The van der Waals surface area contributed by atoms with Gasteiger partial charge in [0.25, 0.3) is 0 Å². The highest BCUT2D eigenvalue weighted by molar-refractivity contribution is 9.10. The number of rotatable bonds is 5. The zero-order valence-electron chi connectivity index (χ0n) is 11.8. The van der Waals surface area contributed by atoms with E-state index >= 15 is 0 Å². The molecule has 0 aromatic heterocycles. The molecule has 0 radical (unpaired) electrons. The number of hydrogen-bond acceptors (Lipinski definition) is 2. The van der Waals surface area contributed by atoms with Crippen LogP contribution >= 0.6 is 15.9 Å². The molecule has 0 amide bonds. The number of ether oxygens (including phenoxy) is 1. The maximum Gasteiger partial charge on any atom is 0.124 e. The fourth-order valence-corrected chi connectivity index (χ4v) is 3.52. The van der Waals surface area contributed by atoms with Gasteiger partial charge in [-0.3, -0.25) is 0 Å². The third-order valence-electron chi connectivity index (χ3n) is 4.71. The highest BCUT2D eigenvalue weighted by Crippen LogP contribution is 2.40. The lowest BCUT2D eigenvalue weighted by Gasteiger charge is -2.33. The predicted octanol–water partition coefficient (Wildman–Crippen LogP) is 3.68. The third kappa shape index (κ3) is 3.07. The number of halogens is 2. The average Bonchev–Trinajstić information content (AvgIpc) is 3.17. The molecule has 1 aliphatic heterocycles. The van der Waals surface area contributed by atoms with Crippen molar-refractivity contribution < 1.29 is 9.13 Å². The lowest BCUT2D eigenvalue weighted by Crippen LogP contribution is -2.42. The van der Waals surface area contributed by atoms with Crippen LogP contribution in [0.15, 0.2) is 22.7 Å². The molecule has 2 aliphatic rings. The van der Waals surface area contributed by atoms with Crippen LogP contribution in [0.1, 0.15) is 31.7 Å². The molecule has 1 aromatic rings. The van der Waals surface area contributed by atoms with Crippen LogP contribution in [0.3, 0.4) is 0 Å². The Bertz CT molecular complexity index is 491. The standard InChI is InChI=1S/C16H21BrFNO/c1-11-16(6-7-20-11,10-19-14-4-5-14)9-12-2-3-13(18)8-15(12)17/h2-3,8,11,14,19H,4-7,9-10H2,1H3. The fourth-order valence-electron chi connectivity index (χ4n) is 3.03. The van der Waals surface area contributed by atoms with Crippen LogP contribution in [-0.2, 0) is 11.2 Å². The first-order valence-electron chi connectivity index (χ1n) is 7.38. The van der Waals surface area contributed by atoms with E-state index in [1.165, 1.54) is 18.4 Å². The molecule has 2 nitrogen and oxygen atoms in total. The van der Waals surface area contributed by atoms with Gasteiger partial charge in [0.2, 0.25) is 0 Å². The molecule has 1 saturated heterocycles. The molecular formula is C16H21BrFNO. The van der Waals surface area contributed by atoms with Crippen LogP contribution < -0.4 is 5.32 Å². The quantitative estimate of drug-likeness (QED) is 0.881. The molecule has 3 rings (SSSR count). The summed E-state index contributed by atoms with van der Waals surface area (Å²) < 4.78 is 19.9. The summed E-state index contributed by atoms with van der Waals surface area (Å²) >= 11 is 3.49. The summed E-state index contributed by atoms with van der Waals surface area (Å²) in [5.41, 5.74) is 1.30. The molecule has 0 bridgehead atoms. The lowest BCUT2D eigenvalue weighted by molar-refractivity contribution is 0.0627. The Balaban J connectivity index is 1.78. The smallest absolute Gasteiger partial charge is 0.124 e. The van der Waals surface area contributed by atoms with Crippen molar-refractivity contribution in [3.63, 3.8) is 0 Å². The van der Waals surface area contributed by atoms with Gasteiger partial charge in [-0.15, -0.1) is 0 Å². The van der Waals surface area contributed by atoms with Crippen molar-refractivity contribution in [2.24, 2.45) is 5.41 Å². The molecule has 2 fully saturated rings. The van der Waals surface area contributed by atoms with Gasteiger partial charge in [-0.25, -0.2) is 4.39 Å². The van der Waals surface area contributed by atoms with Gasteiger partial charge in [-0.1, -0.05) is 22.0 Å². The molecule has 110 valence electrons. The van der Waals surface area contributed by atoms with Crippen LogP contribution in [0.25, 0.3) is 0 Å². The molecule has 0 spiro atoms. The van der Waals surface area contributed by atoms with Gasteiger partial charge in [-0.2, -0.15) is 0 Å². The van der Waals surface area contributed by atoms with Gasteiger partial charge in [0.1, 0.15) is 5.82 Å². The van der Waals surface area contributed by atoms with Crippen molar-refractivity contribution in [1.82, 2.24) is 5.32 Å². The average molecular weight is 342 g/mol. The first-order valence-corrected chi connectivity index (χ1v) is 8.17. The maximum atomic E-state index is 13.2. The Kier molecular flexibility index (Phi) is 4.16. The molecule has 1 aliphatic carbocycles. The van der Waals surface area contributed by atoms with Gasteiger partial charge >= 0.3 is 0 Å². The van der Waals surface area contributed by atoms with E-state index in [2.05, 4.69) is 28.2 Å². The molecule has 1 N–H and O–H groups in total. The van der Waals surface area contributed by atoms with Crippen LogP contribution in [0.4, 0.5) is 4.39 Å². The number of benzene rings is 1. The molecule has 2 unspecified atom stereocenters. The Labute approximate surface area is 128 Å². The summed E-state index contributed by atoms with van der Waals surface area (Å²) in [6.45, 7) is 3.98. The molecule has 1 aromatic carbocycles. The van der Waals surface area contributed by atoms with Crippen molar-refractivity contribution in [2.45, 2.75) is 44.8 Å². The normalized spacial score (nSPS) is 29.9. The second-order valence-corrected chi connectivity index (χ2v) is 7.05. The minimum absolute atomic E-state index is 0.128. The summed E-state index contributed by atoms with van der Waals surface area (Å²) in [4.78, 5) is 0. The summed E-state index contributed by atoms with van der Waals surface area (Å²) in [7, 11) is 0. The van der Waals surface area contributed by atoms with Crippen molar-refractivity contribution >= 4 is 15.9 Å². The Morgan fingerprint density at radius 1 is 1.45 bits per heavy atom. The number of nitrogens with one attached hydrogen (secondary N) is 1. The van der Waals surface area contributed by atoms with Crippen molar-refractivity contribution in [3.05, 3.63) is 34.1 Å².